The molecule has 0 saturated carbocycles. The smallest absolute Gasteiger partial charge is 0.0624 e. The highest BCUT2D eigenvalue weighted by atomic mass is 16.3. The summed E-state index contributed by atoms with van der Waals surface area (Å²) in [7, 11) is 0. The van der Waals surface area contributed by atoms with E-state index < -0.39 is 0 Å². The molecule has 0 aliphatic carbocycles. The van der Waals surface area contributed by atoms with E-state index in [9.17, 15) is 0 Å². The van der Waals surface area contributed by atoms with Crippen molar-refractivity contribution in [2.45, 2.75) is 6.04 Å². The summed E-state index contributed by atoms with van der Waals surface area (Å²) in [5, 5.41) is 8.78. The van der Waals surface area contributed by atoms with Crippen LogP contribution in [0.3, 0.4) is 0 Å². The van der Waals surface area contributed by atoms with E-state index in [0.717, 1.165) is 11.1 Å². The first-order chi connectivity index (χ1) is 5.77. The molecule has 0 aliphatic rings. The quantitative estimate of drug-likeness (QED) is 0.626. The van der Waals surface area contributed by atoms with Gasteiger partial charge in [0.25, 0.3) is 0 Å². The Labute approximate surface area is 72.0 Å². The number of benzene rings is 1. The molecule has 0 amide bonds. The second-order valence-corrected chi connectivity index (χ2v) is 2.56. The van der Waals surface area contributed by atoms with Crippen LogP contribution in [0.4, 0.5) is 0 Å². The van der Waals surface area contributed by atoms with Crippen LogP contribution < -0.4 is 5.73 Å². The Balaban J connectivity index is 2.95. The lowest BCUT2D eigenvalue weighted by Gasteiger charge is -2.07. The Bertz CT molecular complexity index is 301. The van der Waals surface area contributed by atoms with Gasteiger partial charge in [-0.15, -0.1) is 6.42 Å². The van der Waals surface area contributed by atoms with Crippen molar-refractivity contribution < 1.29 is 5.11 Å². The van der Waals surface area contributed by atoms with Gasteiger partial charge in [0, 0.05) is 5.56 Å². The van der Waals surface area contributed by atoms with Crippen molar-refractivity contribution in [2.24, 2.45) is 5.73 Å². The van der Waals surface area contributed by atoms with Gasteiger partial charge >= 0.3 is 0 Å². The highest BCUT2D eigenvalue weighted by molar-refractivity contribution is 5.36. The first-order valence-corrected chi connectivity index (χ1v) is 3.71. The standard InChI is InChI=1S/C10H11NO/c1-2-8-4-3-5-9(6-8)10(11)7-12/h1,3-6,10,12H,7,11H2/t10-/m1/s1. The minimum absolute atomic E-state index is 0.0615. The molecule has 1 rings (SSSR count). The second-order valence-electron chi connectivity index (χ2n) is 2.56. The highest BCUT2D eigenvalue weighted by Gasteiger charge is 2.02. The van der Waals surface area contributed by atoms with Gasteiger partial charge in [-0.05, 0) is 17.7 Å². The van der Waals surface area contributed by atoms with E-state index in [1.807, 2.05) is 18.2 Å². The van der Waals surface area contributed by atoms with E-state index in [0.29, 0.717) is 0 Å². The third-order valence-corrected chi connectivity index (χ3v) is 1.68. The molecule has 0 bridgehead atoms. The van der Waals surface area contributed by atoms with Crippen LogP contribution in [0.1, 0.15) is 17.2 Å². The van der Waals surface area contributed by atoms with Crippen LogP contribution in [-0.2, 0) is 0 Å². The van der Waals surface area contributed by atoms with Gasteiger partial charge in [0.2, 0.25) is 0 Å². The fourth-order valence-corrected chi connectivity index (χ4v) is 0.964. The number of terminal acetylenes is 1. The molecular weight excluding hydrogens is 150 g/mol. The molecule has 0 saturated heterocycles. The van der Waals surface area contributed by atoms with Crippen LogP contribution in [0.2, 0.25) is 0 Å². The highest BCUT2D eigenvalue weighted by Crippen LogP contribution is 2.10. The van der Waals surface area contributed by atoms with Gasteiger partial charge in [0.15, 0.2) is 0 Å². The van der Waals surface area contributed by atoms with Crippen LogP contribution in [0.25, 0.3) is 0 Å². The SMILES string of the molecule is C#Cc1cccc([C@H](N)CO)c1. The third-order valence-electron chi connectivity index (χ3n) is 1.68. The second kappa shape index (κ2) is 3.91. The van der Waals surface area contributed by atoms with Crippen LogP contribution >= 0.6 is 0 Å². The summed E-state index contributed by atoms with van der Waals surface area (Å²) in [5.41, 5.74) is 7.26. The van der Waals surface area contributed by atoms with Crippen LogP contribution in [0, 0.1) is 12.3 Å². The summed E-state index contributed by atoms with van der Waals surface area (Å²) in [4.78, 5) is 0. The summed E-state index contributed by atoms with van der Waals surface area (Å²) in [6.07, 6.45) is 5.21. The van der Waals surface area contributed by atoms with Crippen molar-refractivity contribution in [1.29, 1.82) is 0 Å². The zero-order valence-corrected chi connectivity index (χ0v) is 6.70. The van der Waals surface area contributed by atoms with Gasteiger partial charge in [0.1, 0.15) is 0 Å². The molecule has 62 valence electrons. The van der Waals surface area contributed by atoms with Gasteiger partial charge in [-0.3, -0.25) is 0 Å². The maximum absolute atomic E-state index is 8.78. The fraction of sp³-hybridized carbons (Fsp3) is 0.200. The summed E-state index contributed by atoms with van der Waals surface area (Å²) in [6.45, 7) is -0.0615. The molecule has 12 heavy (non-hydrogen) atoms. The van der Waals surface area contributed by atoms with Crippen molar-refractivity contribution in [2.75, 3.05) is 6.61 Å². The summed E-state index contributed by atoms with van der Waals surface area (Å²) < 4.78 is 0. The molecule has 0 heterocycles. The first-order valence-electron chi connectivity index (χ1n) is 3.71. The van der Waals surface area contributed by atoms with Crippen molar-refractivity contribution in [1.82, 2.24) is 0 Å². The number of aliphatic hydroxyl groups excluding tert-OH is 1. The van der Waals surface area contributed by atoms with Crippen LogP contribution in [0.5, 0.6) is 0 Å². The van der Waals surface area contributed by atoms with Crippen LogP contribution in [-0.4, -0.2) is 11.7 Å². The molecular formula is C10H11NO. The molecule has 2 nitrogen and oxygen atoms in total. The Hall–Kier alpha value is -1.30. The molecule has 0 aromatic heterocycles. The van der Waals surface area contributed by atoms with Gasteiger partial charge < -0.3 is 10.8 Å². The largest absolute Gasteiger partial charge is 0.394 e. The molecule has 3 N–H and O–H groups in total. The first kappa shape index (κ1) is 8.79. The topological polar surface area (TPSA) is 46.2 Å². The van der Waals surface area contributed by atoms with E-state index in [1.165, 1.54) is 0 Å². The Morgan fingerprint density at radius 3 is 2.92 bits per heavy atom. The fourth-order valence-electron chi connectivity index (χ4n) is 0.964. The number of nitrogens with two attached hydrogens (primary N) is 1. The monoisotopic (exact) mass is 161 g/mol. The molecule has 1 aromatic rings. The number of hydrogen-bond acceptors (Lipinski definition) is 2. The van der Waals surface area contributed by atoms with Gasteiger partial charge in [-0.1, -0.05) is 18.1 Å². The normalized spacial score (nSPS) is 12.1. The molecule has 0 spiro atoms. The number of aliphatic hydroxyl groups is 1. The minimum atomic E-state index is -0.335. The van der Waals surface area contributed by atoms with Crippen molar-refractivity contribution in [3.8, 4) is 12.3 Å². The number of hydrogen-bond donors (Lipinski definition) is 2. The molecule has 0 radical (unpaired) electrons. The Morgan fingerprint density at radius 1 is 1.58 bits per heavy atom. The molecule has 0 unspecified atom stereocenters. The average molecular weight is 161 g/mol. The van der Waals surface area contributed by atoms with E-state index in [1.54, 1.807) is 6.07 Å². The van der Waals surface area contributed by atoms with E-state index in [-0.39, 0.29) is 12.6 Å². The van der Waals surface area contributed by atoms with Gasteiger partial charge in [-0.2, -0.15) is 0 Å². The lowest BCUT2D eigenvalue weighted by atomic mass is 10.1. The van der Waals surface area contributed by atoms with Crippen molar-refractivity contribution in [3.05, 3.63) is 35.4 Å². The van der Waals surface area contributed by atoms with Crippen molar-refractivity contribution in [3.63, 3.8) is 0 Å². The zero-order valence-electron chi connectivity index (χ0n) is 6.70. The summed E-state index contributed by atoms with van der Waals surface area (Å²) >= 11 is 0. The predicted octanol–water partition coefficient (Wildman–Crippen LogP) is 0.660. The molecule has 0 aliphatic heterocycles. The van der Waals surface area contributed by atoms with E-state index >= 15 is 0 Å². The molecule has 1 aromatic carbocycles. The predicted molar refractivity (Wildman–Crippen MR) is 48.4 cm³/mol. The van der Waals surface area contributed by atoms with Gasteiger partial charge in [0.05, 0.1) is 12.6 Å². The Morgan fingerprint density at radius 2 is 2.33 bits per heavy atom. The maximum Gasteiger partial charge on any atom is 0.0624 e. The molecule has 0 fully saturated rings. The lowest BCUT2D eigenvalue weighted by molar-refractivity contribution is 0.268. The van der Waals surface area contributed by atoms with E-state index in [4.69, 9.17) is 17.3 Å². The Kier molecular flexibility index (Phi) is 2.87. The molecule has 2 heteroatoms. The third kappa shape index (κ3) is 1.85. The van der Waals surface area contributed by atoms with Crippen molar-refractivity contribution >= 4 is 0 Å². The molecule has 1 atom stereocenters. The van der Waals surface area contributed by atoms with Crippen LogP contribution in [0.15, 0.2) is 24.3 Å². The maximum atomic E-state index is 8.78. The van der Waals surface area contributed by atoms with E-state index in [2.05, 4.69) is 5.92 Å². The summed E-state index contributed by atoms with van der Waals surface area (Å²) in [6, 6.07) is 6.98. The lowest BCUT2D eigenvalue weighted by Crippen LogP contribution is -2.14. The number of rotatable bonds is 2. The average Bonchev–Trinajstić information content (AvgIpc) is 2.17. The summed E-state index contributed by atoms with van der Waals surface area (Å²) in [5.74, 6) is 2.51. The zero-order chi connectivity index (χ0) is 8.97. The minimum Gasteiger partial charge on any atom is -0.394 e. The van der Waals surface area contributed by atoms with Gasteiger partial charge in [-0.25, -0.2) is 0 Å².